The molecule has 0 aromatic heterocycles. The molecule has 0 radical (unpaired) electrons. The fraction of sp³-hybridized carbons (Fsp3) is 0.478. The van der Waals surface area contributed by atoms with Gasteiger partial charge in [0.05, 0.1) is 24.4 Å². The lowest BCUT2D eigenvalue weighted by molar-refractivity contribution is -0.209. The molecule has 162 valence electrons. The van der Waals surface area contributed by atoms with Crippen LogP contribution < -0.4 is 0 Å². The largest absolute Gasteiger partial charge is 0.465 e. The van der Waals surface area contributed by atoms with Crippen molar-refractivity contribution in [3.05, 3.63) is 53.6 Å². The Morgan fingerprint density at radius 3 is 2.57 bits per heavy atom. The Morgan fingerprint density at radius 1 is 1.33 bits per heavy atom. The number of carbonyl (C=O) groups is 2. The molecule has 0 amide bonds. The first-order valence-electron chi connectivity index (χ1n) is 9.98. The predicted molar refractivity (Wildman–Crippen MR) is 107 cm³/mol. The maximum absolute atomic E-state index is 14.9. The molecule has 3 rings (SSSR count). The van der Waals surface area contributed by atoms with E-state index in [4.69, 9.17) is 9.47 Å². The number of cyclic esters (lactones) is 1. The number of carbonyl (C=O) groups excluding carboxylic acids is 2. The molecule has 1 atom stereocenters. The Kier molecular flexibility index (Phi) is 6.04. The number of methoxy groups -OCH3 is 1. The van der Waals surface area contributed by atoms with Crippen LogP contribution in [0.3, 0.4) is 0 Å². The van der Waals surface area contributed by atoms with Crippen molar-refractivity contribution < 1.29 is 33.3 Å². The predicted octanol–water partition coefficient (Wildman–Crippen LogP) is 3.97. The minimum atomic E-state index is -1.44. The Morgan fingerprint density at radius 2 is 2.00 bits per heavy atom. The van der Waals surface area contributed by atoms with Gasteiger partial charge in [-0.15, -0.1) is 0 Å². The van der Waals surface area contributed by atoms with Gasteiger partial charge in [-0.25, -0.2) is 14.0 Å². The molecular formula is C23H27FO6. The highest BCUT2D eigenvalue weighted by atomic mass is 19.1. The van der Waals surface area contributed by atoms with Crippen molar-refractivity contribution in [3.8, 4) is 0 Å². The summed E-state index contributed by atoms with van der Waals surface area (Å²) < 4.78 is 30.3. The van der Waals surface area contributed by atoms with Crippen LogP contribution in [0.4, 0.5) is 4.39 Å². The van der Waals surface area contributed by atoms with Gasteiger partial charge in [0.2, 0.25) is 5.79 Å². The van der Waals surface area contributed by atoms with E-state index in [9.17, 15) is 19.1 Å². The summed E-state index contributed by atoms with van der Waals surface area (Å²) in [5.74, 6) is -2.95. The zero-order valence-corrected chi connectivity index (χ0v) is 17.5. The topological polar surface area (TPSA) is 82.1 Å². The summed E-state index contributed by atoms with van der Waals surface area (Å²) in [6.07, 6.45) is 4.69. The molecule has 1 aliphatic carbocycles. The van der Waals surface area contributed by atoms with Gasteiger partial charge in [0.1, 0.15) is 11.6 Å². The molecule has 0 spiro atoms. The number of benzene rings is 1. The molecule has 7 heteroatoms. The van der Waals surface area contributed by atoms with E-state index in [1.165, 1.54) is 25.3 Å². The molecule has 1 fully saturated rings. The Hall–Kier alpha value is -2.67. The maximum atomic E-state index is 14.9. The number of aliphatic hydroxyl groups is 1. The van der Waals surface area contributed by atoms with E-state index in [1.54, 1.807) is 19.9 Å². The Bertz CT molecular complexity index is 897. The van der Waals surface area contributed by atoms with E-state index in [0.29, 0.717) is 5.56 Å². The van der Waals surface area contributed by atoms with Crippen LogP contribution >= 0.6 is 0 Å². The summed E-state index contributed by atoms with van der Waals surface area (Å²) in [6.45, 7) is 6.81. The van der Waals surface area contributed by atoms with Crippen molar-refractivity contribution in [2.24, 2.45) is 5.92 Å². The van der Waals surface area contributed by atoms with Gasteiger partial charge in [0, 0.05) is 25.8 Å². The molecule has 6 nitrogen and oxygen atoms in total. The molecule has 1 aliphatic heterocycles. The Labute approximate surface area is 175 Å². The van der Waals surface area contributed by atoms with Crippen molar-refractivity contribution in [2.45, 2.75) is 57.3 Å². The number of rotatable bonds is 6. The van der Waals surface area contributed by atoms with Crippen LogP contribution in [0.1, 0.15) is 57.1 Å². The average Bonchev–Trinajstić information content (AvgIpc) is 3.20. The van der Waals surface area contributed by atoms with Gasteiger partial charge in [-0.1, -0.05) is 31.6 Å². The minimum Gasteiger partial charge on any atom is -0.465 e. The second-order valence-corrected chi connectivity index (χ2v) is 8.28. The van der Waals surface area contributed by atoms with Gasteiger partial charge in [-0.2, -0.15) is 0 Å². The van der Waals surface area contributed by atoms with E-state index in [1.807, 2.05) is 0 Å². The number of esters is 2. The van der Waals surface area contributed by atoms with Crippen LogP contribution in [-0.4, -0.2) is 29.9 Å². The monoisotopic (exact) mass is 418 g/mol. The molecule has 2 aliphatic rings. The molecule has 1 heterocycles. The zero-order valence-electron chi connectivity index (χ0n) is 17.5. The smallest absolute Gasteiger partial charge is 0.337 e. The summed E-state index contributed by atoms with van der Waals surface area (Å²) in [7, 11) is 1.20. The van der Waals surface area contributed by atoms with Gasteiger partial charge in [-0.05, 0) is 30.4 Å². The van der Waals surface area contributed by atoms with Crippen LogP contribution in [0.5, 0.6) is 0 Å². The van der Waals surface area contributed by atoms with Crippen molar-refractivity contribution in [1.82, 2.24) is 0 Å². The van der Waals surface area contributed by atoms with Crippen LogP contribution in [0.2, 0.25) is 0 Å². The van der Waals surface area contributed by atoms with Crippen molar-refractivity contribution >= 4 is 17.5 Å². The molecule has 1 aromatic rings. The number of halogens is 1. The molecular weight excluding hydrogens is 391 g/mol. The summed E-state index contributed by atoms with van der Waals surface area (Å²) in [5, 5.41) is 11.7. The van der Waals surface area contributed by atoms with Crippen LogP contribution in [-0.2, 0) is 29.4 Å². The third kappa shape index (κ3) is 4.41. The first-order chi connectivity index (χ1) is 14.1. The lowest BCUT2D eigenvalue weighted by Crippen LogP contribution is -2.39. The Balaban J connectivity index is 1.98. The lowest BCUT2D eigenvalue weighted by atomic mass is 9.76. The average molecular weight is 418 g/mol. The third-order valence-corrected chi connectivity index (χ3v) is 5.70. The molecule has 0 bridgehead atoms. The van der Waals surface area contributed by atoms with Gasteiger partial charge >= 0.3 is 11.9 Å². The van der Waals surface area contributed by atoms with Gasteiger partial charge < -0.3 is 19.3 Å². The summed E-state index contributed by atoms with van der Waals surface area (Å²) in [6, 6.07) is 4.21. The lowest BCUT2D eigenvalue weighted by Gasteiger charge is -2.38. The summed E-state index contributed by atoms with van der Waals surface area (Å²) in [5.41, 5.74) is -1.18. The van der Waals surface area contributed by atoms with E-state index in [0.717, 1.165) is 25.7 Å². The van der Waals surface area contributed by atoms with Gasteiger partial charge in [0.15, 0.2) is 0 Å². The number of hydrogen-bond donors (Lipinski definition) is 1. The van der Waals surface area contributed by atoms with Gasteiger partial charge in [-0.3, -0.25) is 0 Å². The molecule has 1 unspecified atom stereocenters. The molecule has 1 N–H and O–H groups in total. The van der Waals surface area contributed by atoms with E-state index in [2.05, 4.69) is 11.3 Å². The quantitative estimate of drug-likeness (QED) is 0.556. The van der Waals surface area contributed by atoms with Crippen molar-refractivity contribution in [1.29, 1.82) is 0 Å². The highest BCUT2D eigenvalue weighted by Crippen LogP contribution is 2.46. The highest BCUT2D eigenvalue weighted by molar-refractivity contribution is 6.15. The summed E-state index contributed by atoms with van der Waals surface area (Å²) in [4.78, 5) is 23.6. The second kappa shape index (κ2) is 8.22. The van der Waals surface area contributed by atoms with Crippen LogP contribution in [0, 0.1) is 11.7 Å². The first kappa shape index (κ1) is 22.0. The highest BCUT2D eigenvalue weighted by Gasteiger charge is 2.43. The van der Waals surface area contributed by atoms with Crippen LogP contribution in [0.15, 0.2) is 36.6 Å². The second-order valence-electron chi connectivity index (χ2n) is 8.28. The van der Waals surface area contributed by atoms with E-state index >= 15 is 0 Å². The standard InChI is InChI=1S/C23H27FO6/c1-14(21(26)28-4)18-10-9-16(11-19(18)24)23(27,15-7-5-6-8-15)13-17-12-20(25)30-22(2,3)29-17/h9-12,15,27H,1,5-8,13H2,2-4H3. The zero-order chi connectivity index (χ0) is 22.1. The third-order valence-electron chi connectivity index (χ3n) is 5.70. The van der Waals surface area contributed by atoms with Crippen molar-refractivity contribution in [3.63, 3.8) is 0 Å². The minimum absolute atomic E-state index is 0.00688. The van der Waals surface area contributed by atoms with E-state index in [-0.39, 0.29) is 29.2 Å². The fourth-order valence-electron chi connectivity index (χ4n) is 4.27. The summed E-state index contributed by atoms with van der Waals surface area (Å²) >= 11 is 0. The normalized spacial score (nSPS) is 20.6. The molecule has 1 saturated carbocycles. The first-order valence-corrected chi connectivity index (χ1v) is 9.98. The number of ether oxygens (including phenoxy) is 3. The molecule has 0 saturated heterocycles. The molecule has 1 aromatic carbocycles. The van der Waals surface area contributed by atoms with Crippen molar-refractivity contribution in [2.75, 3.05) is 7.11 Å². The fourth-order valence-corrected chi connectivity index (χ4v) is 4.27. The van der Waals surface area contributed by atoms with E-state index < -0.39 is 29.1 Å². The SMILES string of the molecule is C=C(C(=O)OC)c1ccc(C(O)(CC2=CC(=O)OC(C)(C)O2)C2CCCC2)cc1F. The maximum Gasteiger partial charge on any atom is 0.337 e. The van der Waals surface area contributed by atoms with Crippen LogP contribution in [0.25, 0.3) is 5.57 Å². The number of hydrogen-bond acceptors (Lipinski definition) is 6. The molecule has 30 heavy (non-hydrogen) atoms. The van der Waals surface area contributed by atoms with Gasteiger partial charge in [0.25, 0.3) is 0 Å².